The van der Waals surface area contributed by atoms with E-state index in [9.17, 15) is 4.79 Å². The van der Waals surface area contributed by atoms with E-state index in [1.807, 2.05) is 36.4 Å². The zero-order chi connectivity index (χ0) is 16.8. The van der Waals surface area contributed by atoms with Gasteiger partial charge in [-0.2, -0.15) is 0 Å². The molecule has 1 heterocycles. The highest BCUT2D eigenvalue weighted by Gasteiger charge is 2.10. The van der Waals surface area contributed by atoms with Crippen molar-refractivity contribution in [2.45, 2.75) is 13.3 Å². The molecule has 24 heavy (non-hydrogen) atoms. The molecule has 5 heteroatoms. The number of nitrogens with one attached hydrogen (secondary N) is 3. The van der Waals surface area contributed by atoms with Gasteiger partial charge in [0.05, 0.1) is 0 Å². The maximum absolute atomic E-state index is 12.1. The van der Waals surface area contributed by atoms with Crippen molar-refractivity contribution in [2.75, 3.05) is 41.7 Å². The Morgan fingerprint density at radius 2 is 1.50 bits per heavy atom. The molecule has 3 N–H and O–H groups in total. The fourth-order valence-corrected chi connectivity index (χ4v) is 2.80. The van der Waals surface area contributed by atoms with E-state index >= 15 is 0 Å². The average molecular weight is 324 g/mol. The first-order chi connectivity index (χ1) is 11.7. The molecule has 2 aromatic carbocycles. The Kier molecular flexibility index (Phi) is 5.33. The number of anilines is 3. The number of carbonyl (C=O) groups is 1. The molecule has 1 fully saturated rings. The minimum absolute atomic E-state index is 0.228. The summed E-state index contributed by atoms with van der Waals surface area (Å²) < 4.78 is 0. The second-order valence-corrected chi connectivity index (χ2v) is 5.91. The summed E-state index contributed by atoms with van der Waals surface area (Å²) in [7, 11) is 0. The molecule has 3 rings (SSSR count). The quantitative estimate of drug-likeness (QED) is 0.809. The highest BCUT2D eigenvalue weighted by atomic mass is 16.2. The summed E-state index contributed by atoms with van der Waals surface area (Å²) in [4.78, 5) is 14.4. The summed E-state index contributed by atoms with van der Waals surface area (Å²) in [6.45, 7) is 6.17. The number of rotatable bonds is 4. The van der Waals surface area contributed by atoms with Gasteiger partial charge in [0.15, 0.2) is 0 Å². The lowest BCUT2D eigenvalue weighted by Gasteiger charge is -2.29. The number of hydrogen-bond donors (Lipinski definition) is 3. The average Bonchev–Trinajstić information content (AvgIpc) is 2.64. The van der Waals surface area contributed by atoms with Crippen LogP contribution in [0, 0.1) is 0 Å². The third kappa shape index (κ3) is 4.26. The maximum Gasteiger partial charge on any atom is 0.323 e. The molecule has 1 aliphatic heterocycles. The fourth-order valence-electron chi connectivity index (χ4n) is 2.80. The standard InChI is InChI=1S/C19H24N4O/c1-2-15-3-5-16(6-4-15)21-19(24)22-17-7-9-18(10-8-17)23-13-11-20-12-14-23/h3-10,20H,2,11-14H2,1H3,(H2,21,22,24). The number of urea groups is 1. The summed E-state index contributed by atoms with van der Waals surface area (Å²) in [5.74, 6) is 0. The highest BCUT2D eigenvalue weighted by Crippen LogP contribution is 2.18. The molecule has 0 bridgehead atoms. The maximum atomic E-state index is 12.1. The molecular formula is C19H24N4O. The van der Waals surface area contributed by atoms with Crippen LogP contribution >= 0.6 is 0 Å². The van der Waals surface area contributed by atoms with Crippen molar-refractivity contribution in [1.82, 2.24) is 5.32 Å². The van der Waals surface area contributed by atoms with Crippen LogP contribution in [0.1, 0.15) is 12.5 Å². The van der Waals surface area contributed by atoms with Crippen LogP contribution in [0.15, 0.2) is 48.5 Å². The second-order valence-electron chi connectivity index (χ2n) is 5.91. The zero-order valence-electron chi connectivity index (χ0n) is 14.0. The number of hydrogen-bond acceptors (Lipinski definition) is 3. The number of benzene rings is 2. The van der Waals surface area contributed by atoms with E-state index in [0.717, 1.165) is 44.0 Å². The first-order valence-electron chi connectivity index (χ1n) is 8.47. The molecule has 0 radical (unpaired) electrons. The second kappa shape index (κ2) is 7.84. The van der Waals surface area contributed by atoms with E-state index < -0.39 is 0 Å². The molecule has 1 saturated heterocycles. The lowest BCUT2D eigenvalue weighted by molar-refractivity contribution is 0.262. The smallest absolute Gasteiger partial charge is 0.323 e. The highest BCUT2D eigenvalue weighted by molar-refractivity contribution is 5.99. The molecule has 0 saturated carbocycles. The molecule has 0 aliphatic carbocycles. The Morgan fingerprint density at radius 1 is 0.958 bits per heavy atom. The third-order valence-corrected chi connectivity index (χ3v) is 4.23. The summed E-state index contributed by atoms with van der Waals surface area (Å²) in [5, 5.41) is 9.06. The Morgan fingerprint density at radius 3 is 2.04 bits per heavy atom. The van der Waals surface area contributed by atoms with Crippen molar-refractivity contribution >= 4 is 23.1 Å². The zero-order valence-corrected chi connectivity index (χ0v) is 14.0. The van der Waals surface area contributed by atoms with Gasteiger partial charge in [-0.05, 0) is 48.4 Å². The van der Waals surface area contributed by atoms with Gasteiger partial charge in [-0.3, -0.25) is 0 Å². The van der Waals surface area contributed by atoms with Gasteiger partial charge in [0.1, 0.15) is 0 Å². The van der Waals surface area contributed by atoms with Crippen LogP contribution in [0.2, 0.25) is 0 Å². The minimum atomic E-state index is -0.228. The molecule has 1 aliphatic rings. The predicted octanol–water partition coefficient (Wildman–Crippen LogP) is 3.30. The molecular weight excluding hydrogens is 300 g/mol. The minimum Gasteiger partial charge on any atom is -0.369 e. The van der Waals surface area contributed by atoms with Gasteiger partial charge in [0.2, 0.25) is 0 Å². The topological polar surface area (TPSA) is 56.4 Å². The predicted molar refractivity (Wildman–Crippen MR) is 100.0 cm³/mol. The molecule has 0 aromatic heterocycles. The number of aryl methyl sites for hydroxylation is 1. The van der Waals surface area contributed by atoms with Crippen LogP contribution in [-0.2, 0) is 6.42 Å². The Balaban J connectivity index is 1.55. The lowest BCUT2D eigenvalue weighted by Crippen LogP contribution is -2.43. The number of nitrogens with zero attached hydrogens (tertiary/aromatic N) is 1. The largest absolute Gasteiger partial charge is 0.369 e. The Labute approximate surface area is 143 Å². The van der Waals surface area contributed by atoms with E-state index in [-0.39, 0.29) is 6.03 Å². The summed E-state index contributed by atoms with van der Waals surface area (Å²) in [5.41, 5.74) is 4.03. The van der Waals surface area contributed by atoms with Crippen molar-refractivity contribution in [3.8, 4) is 0 Å². The molecule has 0 atom stereocenters. The van der Waals surface area contributed by atoms with E-state index in [1.165, 1.54) is 11.3 Å². The van der Waals surface area contributed by atoms with Gasteiger partial charge in [0.25, 0.3) is 0 Å². The molecule has 5 nitrogen and oxygen atoms in total. The molecule has 2 aromatic rings. The first kappa shape index (κ1) is 16.3. The Bertz CT molecular complexity index is 661. The van der Waals surface area contributed by atoms with Crippen LogP contribution in [-0.4, -0.2) is 32.2 Å². The third-order valence-electron chi connectivity index (χ3n) is 4.23. The molecule has 0 spiro atoms. The van der Waals surface area contributed by atoms with Crippen LogP contribution in [0.5, 0.6) is 0 Å². The fraction of sp³-hybridized carbons (Fsp3) is 0.316. The van der Waals surface area contributed by atoms with Crippen molar-refractivity contribution < 1.29 is 4.79 Å². The van der Waals surface area contributed by atoms with Gasteiger partial charge in [-0.25, -0.2) is 4.79 Å². The lowest BCUT2D eigenvalue weighted by atomic mass is 10.1. The molecule has 2 amide bonds. The van der Waals surface area contributed by atoms with E-state index in [2.05, 4.69) is 39.9 Å². The van der Waals surface area contributed by atoms with Gasteiger partial charge in [-0.15, -0.1) is 0 Å². The monoisotopic (exact) mass is 324 g/mol. The number of carbonyl (C=O) groups excluding carboxylic acids is 1. The van der Waals surface area contributed by atoms with Gasteiger partial charge < -0.3 is 20.9 Å². The summed E-state index contributed by atoms with van der Waals surface area (Å²) in [6, 6.07) is 15.7. The van der Waals surface area contributed by atoms with Gasteiger partial charge in [-0.1, -0.05) is 19.1 Å². The van der Waals surface area contributed by atoms with Gasteiger partial charge >= 0.3 is 6.03 Å². The number of amides is 2. The van der Waals surface area contributed by atoms with Gasteiger partial charge in [0, 0.05) is 43.2 Å². The van der Waals surface area contributed by atoms with E-state index in [0.29, 0.717) is 0 Å². The number of piperazine rings is 1. The normalized spacial score (nSPS) is 14.3. The van der Waals surface area contributed by atoms with Crippen LogP contribution < -0.4 is 20.9 Å². The molecule has 0 unspecified atom stereocenters. The van der Waals surface area contributed by atoms with Crippen molar-refractivity contribution in [3.63, 3.8) is 0 Å². The van der Waals surface area contributed by atoms with Crippen LogP contribution in [0.25, 0.3) is 0 Å². The first-order valence-corrected chi connectivity index (χ1v) is 8.47. The molecule has 126 valence electrons. The summed E-state index contributed by atoms with van der Waals surface area (Å²) in [6.07, 6.45) is 0.992. The van der Waals surface area contributed by atoms with E-state index in [1.54, 1.807) is 0 Å². The Hall–Kier alpha value is -2.53. The van der Waals surface area contributed by atoms with Crippen LogP contribution in [0.3, 0.4) is 0 Å². The van der Waals surface area contributed by atoms with E-state index in [4.69, 9.17) is 0 Å². The van der Waals surface area contributed by atoms with Crippen molar-refractivity contribution in [2.24, 2.45) is 0 Å². The van der Waals surface area contributed by atoms with Crippen molar-refractivity contribution in [3.05, 3.63) is 54.1 Å². The summed E-state index contributed by atoms with van der Waals surface area (Å²) >= 11 is 0. The van der Waals surface area contributed by atoms with Crippen LogP contribution in [0.4, 0.5) is 21.9 Å². The van der Waals surface area contributed by atoms with Crippen molar-refractivity contribution in [1.29, 1.82) is 0 Å². The SMILES string of the molecule is CCc1ccc(NC(=O)Nc2ccc(N3CCNCC3)cc2)cc1.